The zero-order valence-electron chi connectivity index (χ0n) is 20.9. The van der Waals surface area contributed by atoms with Crippen LogP contribution in [0.2, 0.25) is 0 Å². The predicted molar refractivity (Wildman–Crippen MR) is 128 cm³/mol. The summed E-state index contributed by atoms with van der Waals surface area (Å²) in [5.74, 6) is -2.41. The van der Waals surface area contributed by atoms with Gasteiger partial charge in [-0.05, 0) is 56.7 Å². The summed E-state index contributed by atoms with van der Waals surface area (Å²) >= 11 is 0. The second-order valence-corrected chi connectivity index (χ2v) is 9.08. The van der Waals surface area contributed by atoms with E-state index in [0.717, 1.165) is 17.7 Å². The molecule has 7 nitrogen and oxygen atoms in total. The molecule has 0 aromatic heterocycles. The number of hydrogen-bond donors (Lipinski definition) is 1. The van der Waals surface area contributed by atoms with Gasteiger partial charge in [0.15, 0.2) is 5.78 Å². The van der Waals surface area contributed by atoms with Crippen LogP contribution in [-0.2, 0) is 23.9 Å². The largest absolute Gasteiger partial charge is 0.494 e. The maximum absolute atomic E-state index is 13.7. The number of hydrogen-bond acceptors (Lipinski definition) is 7. The highest BCUT2D eigenvalue weighted by Gasteiger charge is 2.47. The number of nitrogens with one attached hydrogen (secondary N) is 1. The average molecular weight is 470 g/mol. The van der Waals surface area contributed by atoms with Crippen molar-refractivity contribution < 1.29 is 28.6 Å². The minimum Gasteiger partial charge on any atom is -0.494 e. The second kappa shape index (κ2) is 10.9. The van der Waals surface area contributed by atoms with Crippen LogP contribution in [0.5, 0.6) is 5.75 Å². The third-order valence-electron chi connectivity index (χ3n) is 6.53. The molecule has 1 aromatic rings. The maximum atomic E-state index is 13.7. The Morgan fingerprint density at radius 2 is 1.85 bits per heavy atom. The third kappa shape index (κ3) is 5.03. The van der Waals surface area contributed by atoms with Crippen molar-refractivity contribution in [2.75, 3.05) is 13.7 Å². The van der Waals surface area contributed by atoms with Crippen LogP contribution < -0.4 is 10.1 Å². The van der Waals surface area contributed by atoms with Gasteiger partial charge in [0, 0.05) is 22.9 Å². The van der Waals surface area contributed by atoms with Crippen molar-refractivity contribution in [1.29, 1.82) is 0 Å². The molecule has 2 aliphatic rings. The normalized spacial score (nSPS) is 23.1. The maximum Gasteiger partial charge on any atom is 0.337 e. The molecule has 0 amide bonds. The van der Waals surface area contributed by atoms with Gasteiger partial charge in [-0.2, -0.15) is 0 Å². The lowest BCUT2D eigenvalue weighted by atomic mass is 9.69. The lowest BCUT2D eigenvalue weighted by Gasteiger charge is -2.38. The van der Waals surface area contributed by atoms with Crippen LogP contribution in [0, 0.1) is 11.8 Å². The summed E-state index contributed by atoms with van der Waals surface area (Å²) < 4.78 is 16.3. The number of carbonyl (C=O) groups is 3. The Morgan fingerprint density at radius 1 is 1.18 bits per heavy atom. The molecule has 34 heavy (non-hydrogen) atoms. The van der Waals surface area contributed by atoms with Crippen LogP contribution in [0.3, 0.4) is 0 Å². The summed E-state index contributed by atoms with van der Waals surface area (Å²) in [6.07, 6.45) is 1.80. The van der Waals surface area contributed by atoms with Gasteiger partial charge >= 0.3 is 11.9 Å². The summed E-state index contributed by atoms with van der Waals surface area (Å²) in [5.41, 5.74) is 2.97. The molecule has 1 aliphatic carbocycles. The van der Waals surface area contributed by atoms with E-state index < -0.39 is 23.8 Å². The molecule has 0 radical (unpaired) electrons. The number of esters is 2. The summed E-state index contributed by atoms with van der Waals surface area (Å²) in [6.45, 7) is 10.1. The number of methoxy groups -OCH3 is 1. The fraction of sp³-hybridized carbons (Fsp3) is 0.519. The zero-order valence-corrected chi connectivity index (χ0v) is 20.9. The Kier molecular flexibility index (Phi) is 8.18. The van der Waals surface area contributed by atoms with Crippen LogP contribution in [0.4, 0.5) is 0 Å². The fourth-order valence-electron chi connectivity index (χ4n) is 4.59. The molecular formula is C27H35NO6. The van der Waals surface area contributed by atoms with Gasteiger partial charge in [0.05, 0.1) is 25.4 Å². The Bertz CT molecular complexity index is 1010. The highest BCUT2D eigenvalue weighted by molar-refractivity contribution is 6.12. The van der Waals surface area contributed by atoms with E-state index in [1.807, 2.05) is 58.9 Å². The Balaban J connectivity index is 2.11. The molecule has 3 rings (SSSR count). The highest BCUT2D eigenvalue weighted by Crippen LogP contribution is 2.45. The number of benzene rings is 1. The Hall–Kier alpha value is -3.09. The lowest BCUT2D eigenvalue weighted by molar-refractivity contribution is -0.151. The van der Waals surface area contributed by atoms with E-state index in [9.17, 15) is 14.4 Å². The first kappa shape index (κ1) is 25.5. The van der Waals surface area contributed by atoms with E-state index in [4.69, 9.17) is 14.2 Å². The zero-order chi connectivity index (χ0) is 25.0. The lowest BCUT2D eigenvalue weighted by Crippen LogP contribution is -2.43. The van der Waals surface area contributed by atoms with E-state index in [0.29, 0.717) is 42.0 Å². The van der Waals surface area contributed by atoms with E-state index >= 15 is 0 Å². The molecule has 0 saturated heterocycles. The number of allylic oxidation sites excluding steroid dienone is 3. The van der Waals surface area contributed by atoms with E-state index in [1.54, 1.807) is 0 Å². The van der Waals surface area contributed by atoms with Crippen molar-refractivity contribution in [3.8, 4) is 5.75 Å². The first-order valence-electron chi connectivity index (χ1n) is 12.0. The van der Waals surface area contributed by atoms with E-state index in [1.165, 1.54) is 7.11 Å². The summed E-state index contributed by atoms with van der Waals surface area (Å²) in [6, 6.07) is 7.42. The van der Waals surface area contributed by atoms with Crippen molar-refractivity contribution in [3.05, 3.63) is 52.4 Å². The molecule has 4 atom stereocenters. The highest BCUT2D eigenvalue weighted by atomic mass is 16.5. The molecule has 7 heteroatoms. The van der Waals surface area contributed by atoms with Gasteiger partial charge in [0.2, 0.25) is 0 Å². The molecule has 184 valence electrons. The molecule has 1 aliphatic heterocycles. The summed E-state index contributed by atoms with van der Waals surface area (Å²) in [7, 11) is 1.29. The van der Waals surface area contributed by atoms with Crippen LogP contribution in [0.25, 0.3) is 0 Å². The van der Waals surface area contributed by atoms with E-state index in [2.05, 4.69) is 5.32 Å². The van der Waals surface area contributed by atoms with Gasteiger partial charge in [-0.15, -0.1) is 0 Å². The quantitative estimate of drug-likeness (QED) is 0.445. The number of carbonyl (C=O) groups excluding carboxylic acids is 3. The molecule has 0 bridgehead atoms. The van der Waals surface area contributed by atoms with Crippen LogP contribution in [0.15, 0.2) is 46.8 Å². The molecule has 0 fully saturated rings. The van der Waals surface area contributed by atoms with Crippen LogP contribution in [0.1, 0.15) is 65.4 Å². The topological polar surface area (TPSA) is 90.9 Å². The molecule has 1 aromatic carbocycles. The van der Waals surface area contributed by atoms with Crippen molar-refractivity contribution in [2.24, 2.45) is 11.8 Å². The SMILES string of the molecule is CCCOc1ccc([C@@H]2C(C(=O)O[C@H](C)CC)=C(C)NC3=C2C(=O)[C@@H](C(=O)OC)[C@H](C)C3)cc1. The molecular weight excluding hydrogens is 434 g/mol. The molecule has 1 heterocycles. The van der Waals surface area contributed by atoms with Crippen LogP contribution >= 0.6 is 0 Å². The van der Waals surface area contributed by atoms with E-state index in [-0.39, 0.29) is 17.8 Å². The van der Waals surface area contributed by atoms with Crippen molar-refractivity contribution in [2.45, 2.75) is 65.9 Å². The van der Waals surface area contributed by atoms with Crippen molar-refractivity contribution in [3.63, 3.8) is 0 Å². The standard InChI is InChI=1S/C27H35NO6/c1-7-13-33-19-11-9-18(10-12-19)23-22(27(31)34-16(4)8-2)17(5)28-20-14-15(3)21(26(30)32-6)25(29)24(20)23/h9-12,15-16,21,23,28H,7-8,13-14H2,1-6H3/t15-,16-,21+,23-/m1/s1. The Morgan fingerprint density at radius 3 is 2.44 bits per heavy atom. The number of rotatable bonds is 8. The van der Waals surface area contributed by atoms with Crippen molar-refractivity contribution >= 4 is 17.7 Å². The number of ether oxygens (including phenoxy) is 3. The van der Waals surface area contributed by atoms with Gasteiger partial charge in [-0.3, -0.25) is 9.59 Å². The molecule has 1 N–H and O–H groups in total. The predicted octanol–water partition coefficient (Wildman–Crippen LogP) is 4.43. The summed E-state index contributed by atoms with van der Waals surface area (Å²) in [4.78, 5) is 39.5. The van der Waals surface area contributed by atoms with Gasteiger partial charge in [0.1, 0.15) is 11.7 Å². The van der Waals surface area contributed by atoms with Crippen molar-refractivity contribution in [1.82, 2.24) is 5.32 Å². The Labute approximate surface area is 201 Å². The summed E-state index contributed by atoms with van der Waals surface area (Å²) in [5, 5.41) is 3.28. The van der Waals surface area contributed by atoms with Gasteiger partial charge in [-0.1, -0.05) is 32.9 Å². The number of dihydropyridines is 1. The van der Waals surface area contributed by atoms with Crippen LogP contribution in [-0.4, -0.2) is 37.5 Å². The molecule has 0 spiro atoms. The average Bonchev–Trinajstić information content (AvgIpc) is 2.81. The first-order valence-corrected chi connectivity index (χ1v) is 12.0. The monoisotopic (exact) mass is 469 g/mol. The minimum atomic E-state index is -0.912. The smallest absolute Gasteiger partial charge is 0.337 e. The van der Waals surface area contributed by atoms with Gasteiger partial charge < -0.3 is 19.5 Å². The third-order valence-corrected chi connectivity index (χ3v) is 6.53. The second-order valence-electron chi connectivity index (χ2n) is 9.08. The number of Topliss-reactive ketones (excluding diaryl/α,β-unsaturated/α-hetero) is 1. The first-order chi connectivity index (χ1) is 16.2. The minimum absolute atomic E-state index is 0.224. The molecule has 0 unspecified atom stereocenters. The molecule has 0 saturated carbocycles. The van der Waals surface area contributed by atoms with Gasteiger partial charge in [0.25, 0.3) is 0 Å². The van der Waals surface area contributed by atoms with Gasteiger partial charge in [-0.25, -0.2) is 4.79 Å². The number of ketones is 1. The fourth-order valence-corrected chi connectivity index (χ4v) is 4.59.